The molecule has 0 aromatic carbocycles. The number of H-pyrrole nitrogens is 1. The Balaban J connectivity index is 0.00000169. The molecule has 0 bridgehead atoms. The van der Waals surface area contributed by atoms with E-state index < -0.39 is 10.8 Å². The van der Waals surface area contributed by atoms with Gasteiger partial charge < -0.3 is 20.6 Å². The van der Waals surface area contributed by atoms with Crippen molar-refractivity contribution in [2.24, 2.45) is 0 Å². The summed E-state index contributed by atoms with van der Waals surface area (Å²) in [5.41, 5.74) is 1.66. The van der Waals surface area contributed by atoms with E-state index in [2.05, 4.69) is 19.9 Å². The third-order valence-corrected chi connectivity index (χ3v) is 4.52. The molecule has 0 aliphatic heterocycles. The standard InChI is InChI=1S/C15H16N4O4S.Na.H/c1-21-11-6-7-16-10(13(11)23-3)8-24(20)15-17-9-4-5-12(22-2)18-14(9)19-15;;/h4-7H,8H2,1-3H3,(H,17,18,19);;/q;+1;-1/t24-;;/m1../s1. The Morgan fingerprint density at radius 1 is 1.12 bits per heavy atom. The van der Waals surface area contributed by atoms with Crippen LogP contribution in [0.5, 0.6) is 17.4 Å². The Bertz CT molecular complexity index is 908. The van der Waals surface area contributed by atoms with Crippen molar-refractivity contribution in [2.75, 3.05) is 21.3 Å². The molecule has 3 heterocycles. The van der Waals surface area contributed by atoms with Gasteiger partial charge in [-0.25, -0.2) is 4.98 Å². The normalized spacial score (nSPS) is 11.6. The predicted molar refractivity (Wildman–Crippen MR) is 89.0 cm³/mol. The molecule has 10 heteroatoms. The molecule has 3 aromatic rings. The molecule has 0 unspecified atom stereocenters. The van der Waals surface area contributed by atoms with Gasteiger partial charge >= 0.3 is 29.6 Å². The van der Waals surface area contributed by atoms with Gasteiger partial charge in [-0.2, -0.15) is 4.98 Å². The largest absolute Gasteiger partial charge is 1.00 e. The summed E-state index contributed by atoms with van der Waals surface area (Å²) in [7, 11) is 3.14. The SMILES string of the molecule is COc1ccc2[nH]c([S@](=O)Cc3nccc(OC)c3OC)nc2n1.[H-].[Na+]. The zero-order chi connectivity index (χ0) is 17.1. The fourth-order valence-electron chi connectivity index (χ4n) is 2.22. The van der Waals surface area contributed by atoms with E-state index >= 15 is 0 Å². The van der Waals surface area contributed by atoms with E-state index in [1.807, 2.05) is 0 Å². The first kappa shape index (κ1) is 19.6. The number of nitrogens with one attached hydrogen (secondary N) is 1. The zero-order valence-corrected chi connectivity index (χ0v) is 17.2. The number of hydrogen-bond acceptors (Lipinski definition) is 7. The molecule has 0 radical (unpaired) electrons. The first-order valence-corrected chi connectivity index (χ1v) is 8.33. The summed E-state index contributed by atoms with van der Waals surface area (Å²) in [5, 5.41) is 0.317. The van der Waals surface area contributed by atoms with Crippen LogP contribution in [0.1, 0.15) is 7.12 Å². The van der Waals surface area contributed by atoms with Crippen molar-refractivity contribution in [3.05, 3.63) is 30.1 Å². The molecule has 25 heavy (non-hydrogen) atoms. The van der Waals surface area contributed by atoms with Crippen molar-refractivity contribution >= 4 is 22.0 Å². The number of hydrogen-bond donors (Lipinski definition) is 1. The topological polar surface area (TPSA) is 99.2 Å². The molecule has 0 spiro atoms. The van der Waals surface area contributed by atoms with Crippen molar-refractivity contribution in [3.8, 4) is 17.4 Å². The molecule has 0 aliphatic rings. The smallest absolute Gasteiger partial charge is 1.00 e. The van der Waals surface area contributed by atoms with Crippen LogP contribution in [0, 0.1) is 0 Å². The number of nitrogens with zero attached hydrogens (tertiary/aromatic N) is 3. The zero-order valence-electron chi connectivity index (χ0n) is 15.4. The van der Waals surface area contributed by atoms with Crippen molar-refractivity contribution in [1.82, 2.24) is 19.9 Å². The van der Waals surface area contributed by atoms with E-state index in [9.17, 15) is 4.21 Å². The predicted octanol–water partition coefficient (Wildman–Crippen LogP) is -1.20. The molecule has 0 fully saturated rings. The van der Waals surface area contributed by atoms with E-state index in [0.717, 1.165) is 0 Å². The number of fused-ring (bicyclic) bond motifs is 1. The number of ether oxygens (including phenoxy) is 3. The summed E-state index contributed by atoms with van der Waals surface area (Å²) in [6, 6.07) is 5.17. The number of aromatic nitrogens is 4. The van der Waals surface area contributed by atoms with Crippen LogP contribution in [-0.4, -0.2) is 45.5 Å². The average Bonchev–Trinajstić information content (AvgIpc) is 3.04. The van der Waals surface area contributed by atoms with Crippen LogP contribution < -0.4 is 43.8 Å². The molecule has 1 N–H and O–H groups in total. The number of imidazole rings is 1. The van der Waals surface area contributed by atoms with Gasteiger partial charge in [-0.05, 0) is 6.07 Å². The average molecular weight is 372 g/mol. The molecule has 8 nitrogen and oxygen atoms in total. The number of pyridine rings is 2. The van der Waals surface area contributed by atoms with Crippen LogP contribution in [0.2, 0.25) is 0 Å². The first-order valence-electron chi connectivity index (χ1n) is 7.01. The summed E-state index contributed by atoms with van der Waals surface area (Å²) in [6.45, 7) is 0. The maximum Gasteiger partial charge on any atom is 1.00 e. The summed E-state index contributed by atoms with van der Waals surface area (Å²) in [5.74, 6) is 1.58. The van der Waals surface area contributed by atoms with Crippen LogP contribution >= 0.6 is 0 Å². The molecule has 0 aliphatic carbocycles. The Morgan fingerprint density at radius 3 is 2.60 bits per heavy atom. The van der Waals surface area contributed by atoms with Gasteiger partial charge in [0.25, 0.3) is 0 Å². The third kappa shape index (κ3) is 4.12. The van der Waals surface area contributed by atoms with Crippen molar-refractivity contribution in [3.63, 3.8) is 0 Å². The van der Waals surface area contributed by atoms with Crippen LogP contribution in [0.25, 0.3) is 11.2 Å². The molecular weight excluding hydrogens is 355 g/mol. The Hall–Kier alpha value is -1.68. The van der Waals surface area contributed by atoms with Crippen molar-refractivity contribution in [2.45, 2.75) is 10.9 Å². The first-order chi connectivity index (χ1) is 11.7. The molecular formula is C15H17N4NaO4S. The van der Waals surface area contributed by atoms with E-state index in [1.54, 1.807) is 24.4 Å². The van der Waals surface area contributed by atoms with Gasteiger partial charge in [0.05, 0.1) is 49.1 Å². The van der Waals surface area contributed by atoms with Gasteiger partial charge in [0.1, 0.15) is 0 Å². The summed E-state index contributed by atoms with van der Waals surface area (Å²) >= 11 is 0. The number of aromatic amines is 1. The minimum Gasteiger partial charge on any atom is -1.00 e. The summed E-state index contributed by atoms with van der Waals surface area (Å²) in [6.07, 6.45) is 1.58. The molecule has 3 aromatic heterocycles. The summed E-state index contributed by atoms with van der Waals surface area (Å²) < 4.78 is 28.2. The van der Waals surface area contributed by atoms with Crippen molar-refractivity contribution < 1.29 is 49.4 Å². The molecule has 0 saturated carbocycles. The second-order valence-corrected chi connectivity index (χ2v) is 6.12. The van der Waals surface area contributed by atoms with E-state index in [0.29, 0.717) is 39.4 Å². The van der Waals surface area contributed by atoms with Crippen LogP contribution in [0.4, 0.5) is 0 Å². The Kier molecular flexibility index (Phi) is 6.77. The number of rotatable bonds is 6. The molecule has 0 saturated heterocycles. The monoisotopic (exact) mass is 372 g/mol. The van der Waals surface area contributed by atoms with Crippen molar-refractivity contribution in [1.29, 1.82) is 0 Å². The second kappa shape index (κ2) is 8.61. The number of methoxy groups -OCH3 is 3. The second-order valence-electron chi connectivity index (χ2n) is 4.75. The van der Waals surface area contributed by atoms with Gasteiger partial charge in [0.2, 0.25) is 5.88 Å². The van der Waals surface area contributed by atoms with Crippen LogP contribution in [-0.2, 0) is 16.6 Å². The van der Waals surface area contributed by atoms with Gasteiger partial charge in [0, 0.05) is 18.3 Å². The van der Waals surface area contributed by atoms with Gasteiger partial charge in [-0.1, -0.05) is 0 Å². The molecule has 128 valence electrons. The molecule has 3 rings (SSSR count). The fraction of sp³-hybridized carbons (Fsp3) is 0.267. The van der Waals surface area contributed by atoms with E-state index in [1.165, 1.54) is 21.3 Å². The van der Waals surface area contributed by atoms with Crippen LogP contribution in [0.3, 0.4) is 0 Å². The van der Waals surface area contributed by atoms with Gasteiger partial charge in [0.15, 0.2) is 22.3 Å². The van der Waals surface area contributed by atoms with Gasteiger partial charge in [-0.3, -0.25) is 9.19 Å². The van der Waals surface area contributed by atoms with E-state index in [4.69, 9.17) is 14.2 Å². The van der Waals surface area contributed by atoms with Gasteiger partial charge in [-0.15, -0.1) is 0 Å². The minimum atomic E-state index is -1.44. The third-order valence-electron chi connectivity index (χ3n) is 3.36. The molecule has 0 amide bonds. The minimum absolute atomic E-state index is 0. The van der Waals surface area contributed by atoms with Crippen LogP contribution in [0.15, 0.2) is 29.6 Å². The fourth-order valence-corrected chi connectivity index (χ4v) is 3.22. The molecule has 1 atom stereocenters. The maximum atomic E-state index is 12.6. The Labute approximate surface area is 170 Å². The maximum absolute atomic E-state index is 12.6. The quantitative estimate of drug-likeness (QED) is 0.543. The summed E-state index contributed by atoms with van der Waals surface area (Å²) in [4.78, 5) is 15.7. The van der Waals surface area contributed by atoms with E-state index in [-0.39, 0.29) is 36.7 Å². The Morgan fingerprint density at radius 2 is 1.92 bits per heavy atom.